The second-order valence-corrected chi connectivity index (χ2v) is 7.77. The summed E-state index contributed by atoms with van der Waals surface area (Å²) in [5.41, 5.74) is 6.62. The summed E-state index contributed by atoms with van der Waals surface area (Å²) in [6.07, 6.45) is 0.523. The van der Waals surface area contributed by atoms with Gasteiger partial charge in [-0.1, -0.05) is 30.3 Å². The number of nitrogens with zero attached hydrogens (tertiary/aromatic N) is 1. The summed E-state index contributed by atoms with van der Waals surface area (Å²) in [6.45, 7) is 0.965. The fourth-order valence-corrected chi connectivity index (χ4v) is 4.17. The highest BCUT2D eigenvalue weighted by Gasteiger charge is 2.28. The van der Waals surface area contributed by atoms with Crippen molar-refractivity contribution in [2.24, 2.45) is 5.73 Å². The molecule has 0 unspecified atom stereocenters. The van der Waals surface area contributed by atoms with Gasteiger partial charge in [0.15, 0.2) is 0 Å². The van der Waals surface area contributed by atoms with E-state index in [0.29, 0.717) is 6.42 Å². The zero-order valence-corrected chi connectivity index (χ0v) is 17.3. The quantitative estimate of drug-likeness (QED) is 0.551. The Morgan fingerprint density at radius 2 is 1.79 bits per heavy atom. The van der Waals surface area contributed by atoms with Crippen molar-refractivity contribution in [2.45, 2.75) is 11.3 Å². The summed E-state index contributed by atoms with van der Waals surface area (Å²) < 4.78 is 51.7. The Morgan fingerprint density at radius 1 is 1.07 bits per heavy atom. The summed E-state index contributed by atoms with van der Waals surface area (Å²) in [5.74, 6) is -0.557. The highest BCUT2D eigenvalue weighted by Crippen LogP contribution is 2.28. The third-order valence-electron chi connectivity index (χ3n) is 3.94. The number of halogens is 2. The van der Waals surface area contributed by atoms with Gasteiger partial charge in [-0.25, -0.2) is 12.8 Å². The van der Waals surface area contributed by atoms with Crippen molar-refractivity contribution in [1.29, 1.82) is 0 Å². The van der Waals surface area contributed by atoms with Gasteiger partial charge in [0.05, 0.1) is 6.61 Å². The molecule has 0 aliphatic rings. The van der Waals surface area contributed by atoms with Crippen molar-refractivity contribution in [2.75, 3.05) is 40.0 Å². The van der Waals surface area contributed by atoms with E-state index in [1.807, 2.05) is 30.3 Å². The number of hydrogen-bond acceptors (Lipinski definition) is 5. The first-order valence-electron chi connectivity index (χ1n) is 8.64. The first-order valence-corrected chi connectivity index (χ1v) is 10.1. The van der Waals surface area contributed by atoms with E-state index < -0.39 is 15.8 Å². The van der Waals surface area contributed by atoms with Gasteiger partial charge in [-0.3, -0.25) is 0 Å². The monoisotopic (exact) mass is 432 g/mol. The number of sulfonamides is 1. The highest BCUT2D eigenvalue weighted by molar-refractivity contribution is 7.89. The topological polar surface area (TPSA) is 81.9 Å². The SMILES string of the molecule is COCCOc1ccc(F)cc1S(=O)(=O)N(CCN)CCc1ccccc1.Cl. The number of ether oxygens (including phenoxy) is 2. The van der Waals surface area contributed by atoms with E-state index in [2.05, 4.69) is 0 Å². The largest absolute Gasteiger partial charge is 0.490 e. The van der Waals surface area contributed by atoms with E-state index in [0.717, 1.165) is 11.6 Å². The van der Waals surface area contributed by atoms with Crippen LogP contribution in [0.5, 0.6) is 5.75 Å². The average Bonchev–Trinajstić information content (AvgIpc) is 2.67. The van der Waals surface area contributed by atoms with Crippen LogP contribution in [0.4, 0.5) is 4.39 Å². The first-order chi connectivity index (χ1) is 13.0. The lowest BCUT2D eigenvalue weighted by atomic mass is 10.1. The molecule has 9 heteroatoms. The van der Waals surface area contributed by atoms with Crippen molar-refractivity contribution >= 4 is 22.4 Å². The summed E-state index contributed by atoms with van der Waals surface area (Å²) in [5, 5.41) is 0. The zero-order valence-electron chi connectivity index (χ0n) is 15.7. The average molecular weight is 433 g/mol. The zero-order chi connectivity index (χ0) is 19.7. The molecule has 2 aromatic rings. The molecule has 156 valence electrons. The van der Waals surface area contributed by atoms with Gasteiger partial charge in [0.1, 0.15) is 23.1 Å². The second-order valence-electron chi connectivity index (χ2n) is 5.86. The molecular weight excluding hydrogens is 407 g/mol. The highest BCUT2D eigenvalue weighted by atomic mass is 35.5. The molecule has 0 saturated heterocycles. The maximum atomic E-state index is 13.8. The lowest BCUT2D eigenvalue weighted by Gasteiger charge is -2.23. The molecule has 0 fully saturated rings. The Morgan fingerprint density at radius 3 is 2.43 bits per heavy atom. The Kier molecular flexibility index (Phi) is 10.4. The number of nitrogens with two attached hydrogens (primary N) is 1. The van der Waals surface area contributed by atoms with Crippen LogP contribution in [-0.2, 0) is 21.2 Å². The second kappa shape index (κ2) is 12.0. The lowest BCUT2D eigenvalue weighted by Crippen LogP contribution is -2.37. The van der Waals surface area contributed by atoms with Gasteiger partial charge in [-0.15, -0.1) is 12.4 Å². The van der Waals surface area contributed by atoms with Crippen molar-refractivity contribution in [3.63, 3.8) is 0 Å². The van der Waals surface area contributed by atoms with E-state index >= 15 is 0 Å². The molecule has 0 heterocycles. The van der Waals surface area contributed by atoms with Gasteiger partial charge in [0, 0.05) is 26.7 Å². The third kappa shape index (κ3) is 6.72. The van der Waals surface area contributed by atoms with E-state index in [-0.39, 0.29) is 55.9 Å². The smallest absolute Gasteiger partial charge is 0.246 e. The van der Waals surface area contributed by atoms with Crippen LogP contribution in [-0.4, -0.2) is 52.7 Å². The predicted molar refractivity (Wildman–Crippen MR) is 109 cm³/mol. The van der Waals surface area contributed by atoms with Crippen molar-refractivity contribution < 1.29 is 22.3 Å². The van der Waals surface area contributed by atoms with Crippen LogP contribution >= 0.6 is 12.4 Å². The van der Waals surface area contributed by atoms with Gasteiger partial charge in [-0.05, 0) is 30.2 Å². The Bertz CT molecular complexity index is 822. The number of hydrogen-bond donors (Lipinski definition) is 1. The molecule has 0 aliphatic heterocycles. The van der Waals surface area contributed by atoms with Gasteiger partial charge >= 0.3 is 0 Å². The Balaban J connectivity index is 0.00000392. The van der Waals surface area contributed by atoms with Crippen LogP contribution in [0.2, 0.25) is 0 Å². The van der Waals surface area contributed by atoms with Crippen LogP contribution in [0, 0.1) is 5.82 Å². The van der Waals surface area contributed by atoms with Crippen LogP contribution in [0.1, 0.15) is 5.56 Å². The Hall–Kier alpha value is -1.71. The van der Waals surface area contributed by atoms with E-state index in [9.17, 15) is 12.8 Å². The maximum Gasteiger partial charge on any atom is 0.246 e. The minimum atomic E-state index is -3.98. The molecule has 0 aromatic heterocycles. The Labute approximate surface area is 171 Å². The van der Waals surface area contributed by atoms with E-state index in [1.165, 1.54) is 23.5 Å². The summed E-state index contributed by atoms with van der Waals surface area (Å²) >= 11 is 0. The minimum absolute atomic E-state index is 0. The summed E-state index contributed by atoms with van der Waals surface area (Å²) in [7, 11) is -2.46. The molecule has 6 nitrogen and oxygen atoms in total. The molecule has 2 N–H and O–H groups in total. The third-order valence-corrected chi connectivity index (χ3v) is 5.86. The van der Waals surface area contributed by atoms with Crippen LogP contribution in [0.3, 0.4) is 0 Å². The molecule has 0 spiro atoms. The molecule has 0 saturated carbocycles. The van der Waals surface area contributed by atoms with Crippen LogP contribution < -0.4 is 10.5 Å². The minimum Gasteiger partial charge on any atom is -0.490 e. The molecule has 0 radical (unpaired) electrons. The standard InChI is InChI=1S/C19H25FN2O4S.ClH/c1-25-13-14-26-18-8-7-17(20)15-19(18)27(23,24)22(12-10-21)11-9-16-5-3-2-4-6-16;/h2-8,15H,9-14,21H2,1H3;1H. The van der Waals surface area contributed by atoms with E-state index in [4.69, 9.17) is 15.2 Å². The van der Waals surface area contributed by atoms with E-state index in [1.54, 1.807) is 0 Å². The molecule has 0 aliphatic carbocycles. The molecule has 2 rings (SSSR count). The first kappa shape index (κ1) is 24.3. The fourth-order valence-electron chi connectivity index (χ4n) is 2.57. The fraction of sp³-hybridized carbons (Fsp3) is 0.368. The van der Waals surface area contributed by atoms with Gasteiger partial charge in [-0.2, -0.15) is 4.31 Å². The maximum absolute atomic E-state index is 13.8. The molecule has 0 amide bonds. The number of rotatable bonds is 11. The van der Waals surface area contributed by atoms with Gasteiger partial charge in [0.2, 0.25) is 10.0 Å². The van der Waals surface area contributed by atoms with Crippen molar-refractivity contribution in [1.82, 2.24) is 4.31 Å². The lowest BCUT2D eigenvalue weighted by molar-refractivity contribution is 0.144. The summed E-state index contributed by atoms with van der Waals surface area (Å²) in [4.78, 5) is -0.208. The van der Waals surface area contributed by atoms with Crippen LogP contribution in [0.15, 0.2) is 53.4 Å². The molecule has 2 aromatic carbocycles. The normalized spacial score (nSPS) is 11.3. The molecule has 28 heavy (non-hydrogen) atoms. The van der Waals surface area contributed by atoms with Crippen molar-refractivity contribution in [3.8, 4) is 5.75 Å². The van der Waals surface area contributed by atoms with Gasteiger partial charge in [0.25, 0.3) is 0 Å². The molecule has 0 atom stereocenters. The van der Waals surface area contributed by atoms with Crippen LogP contribution in [0.25, 0.3) is 0 Å². The number of benzene rings is 2. The molecule has 0 bridgehead atoms. The number of methoxy groups -OCH3 is 1. The van der Waals surface area contributed by atoms with Gasteiger partial charge < -0.3 is 15.2 Å². The predicted octanol–water partition coefficient (Wildman–Crippen LogP) is 2.46. The summed E-state index contributed by atoms with van der Waals surface area (Å²) in [6, 6.07) is 13.0. The van der Waals surface area contributed by atoms with Crippen molar-refractivity contribution in [3.05, 3.63) is 59.9 Å². The molecular formula is C19H26ClFN2O4S.